The number of imidazole rings is 1. The lowest BCUT2D eigenvalue weighted by Gasteiger charge is -2.36. The Labute approximate surface area is 332 Å². The van der Waals surface area contributed by atoms with Crippen LogP contribution in [0.15, 0.2) is 49.6 Å². The second-order valence-electron chi connectivity index (χ2n) is 17.9. The molecule has 308 valence electrons. The topological polar surface area (TPSA) is 166 Å². The average Bonchev–Trinajstić information content (AvgIpc) is 3.98. The first-order valence-corrected chi connectivity index (χ1v) is 21.4. The monoisotopic (exact) mass is 795 g/mol. The lowest BCUT2D eigenvalue weighted by atomic mass is 9.85. The highest BCUT2D eigenvalue weighted by Gasteiger charge is 2.63. The number of benzene rings is 1. The van der Waals surface area contributed by atoms with Gasteiger partial charge in [0.2, 0.25) is 21.8 Å². The number of amides is 3. The first kappa shape index (κ1) is 42.9. The molecule has 3 fully saturated rings. The van der Waals surface area contributed by atoms with Crippen molar-refractivity contribution in [3.63, 3.8) is 0 Å². The third kappa shape index (κ3) is 9.32. The maximum absolute atomic E-state index is 14.7. The number of unbranched alkanes of at least 4 members (excludes halogenated alkanes) is 1. The van der Waals surface area contributed by atoms with Gasteiger partial charge in [-0.1, -0.05) is 58.4 Å². The summed E-state index contributed by atoms with van der Waals surface area (Å²) in [6.45, 7) is 20.7. The summed E-state index contributed by atoms with van der Waals surface area (Å²) < 4.78 is 42.5. The highest BCUT2D eigenvalue weighted by molar-refractivity contribution is 7.91. The molecule has 0 unspecified atom stereocenters. The fourth-order valence-electron chi connectivity index (χ4n) is 7.98. The standard InChI is InChI=1S/C42H61N5O8S/c1-10-13-17-23-46-31-19-16-15-18-30(31)43-37(46)54-29-24-32(47(27-29)35(49)34(39(4,5)6)44-38(51)55-40(7,8)9)33(48)26-42(25-28(42)12-3)36(50)45-56(52,53)41(21-22-41)20-14-11-2/h10-11,15-16,18-19,28-29,32,34H,1-2,12-14,17,20-27H2,3-9H3,(H,44,51)(H,45,50)/t28-,29-,32+,34-,42-/m1/s1. The number of sulfonamides is 1. The van der Waals surface area contributed by atoms with Gasteiger partial charge in [0.25, 0.3) is 6.01 Å². The van der Waals surface area contributed by atoms with E-state index >= 15 is 0 Å². The quantitative estimate of drug-likeness (QED) is 0.125. The third-order valence-electron chi connectivity index (χ3n) is 11.4. The number of ketones is 1. The molecule has 13 nitrogen and oxygen atoms in total. The molecule has 0 bridgehead atoms. The Morgan fingerprint density at radius 3 is 2.32 bits per heavy atom. The van der Waals surface area contributed by atoms with E-state index in [1.54, 1.807) is 26.8 Å². The number of likely N-dealkylation sites (tertiary alicyclic amines) is 1. The van der Waals surface area contributed by atoms with Crippen LogP contribution in [0.4, 0.5) is 4.79 Å². The van der Waals surface area contributed by atoms with Crippen molar-refractivity contribution >= 4 is 44.7 Å². The molecule has 1 aromatic heterocycles. The zero-order valence-corrected chi connectivity index (χ0v) is 35.0. The minimum atomic E-state index is -4.00. The van der Waals surface area contributed by atoms with E-state index in [1.807, 2.05) is 62.6 Å². The van der Waals surface area contributed by atoms with Crippen LogP contribution in [-0.2, 0) is 35.7 Å². The maximum atomic E-state index is 14.7. The van der Waals surface area contributed by atoms with E-state index < -0.39 is 67.3 Å². The largest absolute Gasteiger partial charge is 0.459 e. The van der Waals surface area contributed by atoms with Gasteiger partial charge < -0.3 is 19.7 Å². The molecule has 14 heteroatoms. The fraction of sp³-hybridized carbons (Fsp3) is 0.643. The highest BCUT2D eigenvalue weighted by atomic mass is 32.2. The van der Waals surface area contributed by atoms with Gasteiger partial charge in [0, 0.05) is 19.4 Å². The summed E-state index contributed by atoms with van der Waals surface area (Å²) in [7, 11) is -4.00. The molecular formula is C42H61N5O8S. The van der Waals surface area contributed by atoms with E-state index in [0.29, 0.717) is 51.1 Å². The Balaban J connectivity index is 1.45. The number of rotatable bonds is 18. The summed E-state index contributed by atoms with van der Waals surface area (Å²) in [4.78, 5) is 62.6. The van der Waals surface area contributed by atoms with Gasteiger partial charge in [0.15, 0.2) is 5.78 Å². The van der Waals surface area contributed by atoms with E-state index in [2.05, 4.69) is 23.2 Å². The zero-order valence-electron chi connectivity index (χ0n) is 34.2. The van der Waals surface area contributed by atoms with E-state index in [-0.39, 0.29) is 31.1 Å². The number of hydrogen-bond acceptors (Lipinski definition) is 9. The summed E-state index contributed by atoms with van der Waals surface area (Å²) >= 11 is 0. The molecule has 2 aromatic rings. The molecule has 1 aromatic carbocycles. The van der Waals surface area contributed by atoms with Gasteiger partial charge in [0.1, 0.15) is 17.7 Å². The number of fused-ring (bicyclic) bond motifs is 1. The van der Waals surface area contributed by atoms with Crippen LogP contribution in [0, 0.1) is 16.7 Å². The Morgan fingerprint density at radius 2 is 1.73 bits per heavy atom. The molecule has 0 radical (unpaired) electrons. The second-order valence-corrected chi connectivity index (χ2v) is 20.0. The summed E-state index contributed by atoms with van der Waals surface area (Å²) in [5.41, 5.74) is -1.19. The number of nitrogens with zero attached hydrogens (tertiary/aromatic N) is 3. The van der Waals surface area contributed by atoms with Gasteiger partial charge >= 0.3 is 6.09 Å². The lowest BCUT2D eigenvalue weighted by molar-refractivity contribution is -0.142. The smallest absolute Gasteiger partial charge is 0.408 e. The molecule has 2 N–H and O–H groups in total. The molecular weight excluding hydrogens is 735 g/mol. The number of ether oxygens (including phenoxy) is 2. The normalized spacial score (nSPS) is 23.6. The third-order valence-corrected chi connectivity index (χ3v) is 13.7. The SMILES string of the molecule is C=CCCCn1c(O[C@@H]2C[C@@H](C(=O)C[C@]3(C(=O)NS(=O)(=O)C4(CCC=C)CC4)C[C@H]3CC)N(C(=O)[C@@H](NC(=O)OC(C)(C)C)C(C)(C)C)C2)nc2ccccc21. The van der Waals surface area contributed by atoms with Gasteiger partial charge in [-0.2, -0.15) is 4.98 Å². The van der Waals surface area contributed by atoms with Crippen molar-refractivity contribution in [2.24, 2.45) is 16.7 Å². The molecule has 2 saturated carbocycles. The van der Waals surface area contributed by atoms with Crippen LogP contribution >= 0.6 is 0 Å². The summed E-state index contributed by atoms with van der Waals surface area (Å²) in [5.74, 6) is -1.73. The van der Waals surface area contributed by atoms with Crippen molar-refractivity contribution in [3.8, 4) is 6.01 Å². The number of alkyl carbamates (subject to hydrolysis) is 1. The van der Waals surface area contributed by atoms with Crippen molar-refractivity contribution in [2.45, 2.75) is 148 Å². The Morgan fingerprint density at radius 1 is 1.05 bits per heavy atom. The van der Waals surface area contributed by atoms with E-state index in [1.165, 1.54) is 4.90 Å². The molecule has 5 rings (SSSR count). The molecule has 2 heterocycles. The number of carbonyl (C=O) groups is 4. The molecule has 3 aliphatic rings. The minimum absolute atomic E-state index is 0.0181. The zero-order chi connectivity index (χ0) is 41.3. The molecule has 1 aliphatic heterocycles. The first-order chi connectivity index (χ1) is 26.2. The predicted molar refractivity (Wildman–Crippen MR) is 215 cm³/mol. The van der Waals surface area contributed by atoms with Gasteiger partial charge in [-0.3, -0.25) is 23.7 Å². The van der Waals surface area contributed by atoms with Crippen LogP contribution < -0.4 is 14.8 Å². The Hall–Kier alpha value is -4.20. The van der Waals surface area contributed by atoms with Gasteiger partial charge in [0.05, 0.1) is 33.8 Å². The molecule has 1 saturated heterocycles. The number of allylic oxidation sites excluding steroid dienone is 2. The van der Waals surface area contributed by atoms with Crippen molar-refractivity contribution in [1.29, 1.82) is 0 Å². The number of aromatic nitrogens is 2. The van der Waals surface area contributed by atoms with Crippen molar-refractivity contribution in [1.82, 2.24) is 24.5 Å². The number of aryl methyl sites for hydroxylation is 1. The minimum Gasteiger partial charge on any atom is -0.459 e. The highest BCUT2D eigenvalue weighted by Crippen LogP contribution is 2.58. The van der Waals surface area contributed by atoms with Gasteiger partial charge in [-0.05, 0) is 89.2 Å². The number of para-hydroxylation sites is 2. The number of carbonyl (C=O) groups excluding carboxylic acids is 4. The first-order valence-electron chi connectivity index (χ1n) is 19.9. The number of nitrogens with one attached hydrogen (secondary N) is 2. The molecule has 0 spiro atoms. The maximum Gasteiger partial charge on any atom is 0.408 e. The Bertz CT molecular complexity index is 1940. The Kier molecular flexibility index (Phi) is 12.5. The second kappa shape index (κ2) is 16.3. The molecule has 3 amide bonds. The predicted octanol–water partition coefficient (Wildman–Crippen LogP) is 6.61. The lowest BCUT2D eigenvalue weighted by Crippen LogP contribution is -2.57. The van der Waals surface area contributed by atoms with Crippen molar-refractivity contribution < 1.29 is 37.1 Å². The van der Waals surface area contributed by atoms with E-state index in [4.69, 9.17) is 14.5 Å². The van der Waals surface area contributed by atoms with Crippen LogP contribution in [0.2, 0.25) is 0 Å². The summed E-state index contributed by atoms with van der Waals surface area (Å²) in [6.07, 6.45) is 6.29. The van der Waals surface area contributed by atoms with Crippen LogP contribution in [0.3, 0.4) is 0 Å². The molecule has 2 aliphatic carbocycles. The molecule has 5 atom stereocenters. The summed E-state index contributed by atoms with van der Waals surface area (Å²) in [6, 6.07) is 5.95. The number of Topliss-reactive ketones (excluding diaryl/α,β-unsaturated/α-hetero) is 1. The van der Waals surface area contributed by atoms with Crippen LogP contribution in [0.5, 0.6) is 6.01 Å². The van der Waals surface area contributed by atoms with Crippen molar-refractivity contribution in [2.75, 3.05) is 6.54 Å². The van der Waals surface area contributed by atoms with Crippen LogP contribution in [0.1, 0.15) is 113 Å². The van der Waals surface area contributed by atoms with E-state index in [9.17, 15) is 27.6 Å². The van der Waals surface area contributed by atoms with Crippen molar-refractivity contribution in [3.05, 3.63) is 49.6 Å². The van der Waals surface area contributed by atoms with Gasteiger partial charge in [-0.25, -0.2) is 13.2 Å². The van der Waals surface area contributed by atoms with Crippen LogP contribution in [0.25, 0.3) is 11.0 Å². The summed E-state index contributed by atoms with van der Waals surface area (Å²) in [5, 5.41) is 2.76. The van der Waals surface area contributed by atoms with E-state index in [0.717, 1.165) is 23.9 Å². The van der Waals surface area contributed by atoms with Gasteiger partial charge in [-0.15, -0.1) is 13.2 Å². The fourth-order valence-corrected chi connectivity index (χ4v) is 9.67. The van der Waals surface area contributed by atoms with Crippen LogP contribution in [-0.4, -0.2) is 81.6 Å². The average molecular weight is 796 g/mol. The molecule has 56 heavy (non-hydrogen) atoms. The number of hydrogen-bond donors (Lipinski definition) is 2.